The van der Waals surface area contributed by atoms with Gasteiger partial charge in [-0.1, -0.05) is 30.8 Å². The van der Waals surface area contributed by atoms with Crippen molar-refractivity contribution >= 4 is 41.7 Å². The summed E-state index contributed by atoms with van der Waals surface area (Å²) in [7, 11) is 0. The molecule has 4 radical (unpaired) electrons. The van der Waals surface area contributed by atoms with E-state index in [1.165, 1.54) is 27.0 Å². The van der Waals surface area contributed by atoms with E-state index in [1.807, 2.05) is 6.92 Å². The monoisotopic (exact) mass is 442 g/mol. The SMILES string of the molecule is C.C.CC(=O)CBr.CC(=O)CCO.CC(=O)c1occc1C.[B].[V]. The van der Waals surface area contributed by atoms with Crippen molar-refractivity contribution < 1.29 is 42.5 Å². The van der Waals surface area contributed by atoms with Crippen LogP contribution in [0.4, 0.5) is 0 Å². The zero-order chi connectivity index (χ0) is 16.1. The van der Waals surface area contributed by atoms with E-state index in [4.69, 9.17) is 9.52 Å². The third kappa shape index (κ3) is 26.3. The molecule has 0 atom stereocenters. The third-order valence-electron chi connectivity index (χ3n) is 1.83. The Labute approximate surface area is 168 Å². The molecule has 0 fully saturated rings. The summed E-state index contributed by atoms with van der Waals surface area (Å²) >= 11 is 2.96. The van der Waals surface area contributed by atoms with Crippen LogP contribution < -0.4 is 0 Å². The minimum Gasteiger partial charge on any atom is -0.461 e. The first-order chi connectivity index (χ1) is 9.26. The van der Waals surface area contributed by atoms with E-state index in [-0.39, 0.29) is 65.8 Å². The largest absolute Gasteiger partial charge is 0.461 e. The van der Waals surface area contributed by atoms with Gasteiger partial charge in [0.1, 0.15) is 11.6 Å². The van der Waals surface area contributed by atoms with Crippen molar-refractivity contribution in [1.29, 1.82) is 0 Å². The van der Waals surface area contributed by atoms with Crippen molar-refractivity contribution in [3.05, 3.63) is 23.7 Å². The van der Waals surface area contributed by atoms with E-state index >= 15 is 0 Å². The standard InChI is InChI=1S/C7H8O2.C4H8O2.C3H5BrO.2CH4.B.V/c1-5-3-4-9-7(5)6(2)8;1-4(6)2-3-5;1-3(5)2-4;;;;/h3-4H,1-2H3;5H,2-3H2,1H3;2H2,1H3;2*1H4;;. The summed E-state index contributed by atoms with van der Waals surface area (Å²) in [4.78, 5) is 30.3. The molecule has 0 unspecified atom stereocenters. The van der Waals surface area contributed by atoms with Gasteiger partial charge in [-0.05, 0) is 32.4 Å². The molecule has 0 spiro atoms. The molecule has 0 aliphatic heterocycles. The fraction of sp³-hybridized carbons (Fsp3) is 0.562. The maximum Gasteiger partial charge on any atom is 0.195 e. The number of halogens is 1. The molecule has 0 amide bonds. The van der Waals surface area contributed by atoms with E-state index in [0.29, 0.717) is 17.5 Å². The molecule has 0 saturated carbocycles. The fourth-order valence-corrected chi connectivity index (χ4v) is 0.891. The number of aliphatic hydroxyl groups excluding tert-OH is 1. The van der Waals surface area contributed by atoms with E-state index in [2.05, 4.69) is 15.9 Å². The van der Waals surface area contributed by atoms with Crippen LogP contribution in [0.15, 0.2) is 16.7 Å². The van der Waals surface area contributed by atoms with E-state index in [9.17, 15) is 14.4 Å². The van der Waals surface area contributed by atoms with Crippen molar-refractivity contribution in [1.82, 2.24) is 0 Å². The maximum atomic E-state index is 10.6. The Bertz CT molecular complexity index is 436. The van der Waals surface area contributed by atoms with Gasteiger partial charge >= 0.3 is 0 Å². The molecule has 5 nitrogen and oxygen atoms in total. The van der Waals surface area contributed by atoms with Crippen LogP contribution in [0.25, 0.3) is 0 Å². The van der Waals surface area contributed by atoms with Crippen LogP contribution in [0.1, 0.15) is 58.2 Å². The topological polar surface area (TPSA) is 84.6 Å². The number of rotatable bonds is 4. The molecule has 24 heavy (non-hydrogen) atoms. The fourth-order valence-electron chi connectivity index (χ4n) is 0.891. The summed E-state index contributed by atoms with van der Waals surface area (Å²) in [5.74, 6) is 0.662. The minimum atomic E-state index is -0.0185. The van der Waals surface area contributed by atoms with Crippen molar-refractivity contribution in [2.75, 3.05) is 11.9 Å². The van der Waals surface area contributed by atoms with Gasteiger partial charge < -0.3 is 9.52 Å². The smallest absolute Gasteiger partial charge is 0.195 e. The molecule has 0 aliphatic carbocycles. The predicted molar refractivity (Wildman–Crippen MR) is 99.5 cm³/mol. The van der Waals surface area contributed by atoms with Crippen molar-refractivity contribution in [2.45, 2.75) is 49.0 Å². The first-order valence-electron chi connectivity index (χ1n) is 5.96. The number of hydrogen-bond acceptors (Lipinski definition) is 5. The summed E-state index contributed by atoms with van der Waals surface area (Å²) in [5.41, 5.74) is 0.905. The van der Waals surface area contributed by atoms with Crippen molar-refractivity contribution in [2.24, 2.45) is 0 Å². The summed E-state index contributed by atoms with van der Waals surface area (Å²) in [6, 6.07) is 1.77. The van der Waals surface area contributed by atoms with Crippen LogP contribution in [0.2, 0.25) is 0 Å². The second-order valence-corrected chi connectivity index (χ2v) is 4.56. The number of Topliss-reactive ketones (excluding diaryl/α,β-unsaturated/α-hetero) is 3. The van der Waals surface area contributed by atoms with E-state index < -0.39 is 0 Å². The number of ketones is 3. The normalized spacial score (nSPS) is 7.25. The Kier molecular flexibility index (Phi) is 39.8. The average Bonchev–Trinajstić information content (AvgIpc) is 2.77. The molecule has 138 valence electrons. The van der Waals surface area contributed by atoms with Crippen LogP contribution in [-0.4, -0.2) is 42.8 Å². The Morgan fingerprint density at radius 1 is 1.12 bits per heavy atom. The Morgan fingerprint density at radius 3 is 1.62 bits per heavy atom. The van der Waals surface area contributed by atoms with Gasteiger partial charge in [-0.25, -0.2) is 0 Å². The zero-order valence-corrected chi connectivity index (χ0v) is 16.2. The summed E-state index contributed by atoms with van der Waals surface area (Å²) in [6.07, 6.45) is 1.81. The Balaban J connectivity index is -0.0000000490. The number of carbonyl (C=O) groups is 3. The first kappa shape index (κ1) is 38.8. The molecule has 1 N–H and O–H groups in total. The molecule has 0 bridgehead atoms. The van der Waals surface area contributed by atoms with E-state index in [1.54, 1.807) is 6.07 Å². The number of furan rings is 1. The van der Waals surface area contributed by atoms with Crippen LogP contribution in [0.5, 0.6) is 0 Å². The number of hydrogen-bond donors (Lipinski definition) is 1. The number of alkyl halides is 1. The number of aryl methyl sites for hydroxylation is 1. The van der Waals surface area contributed by atoms with Gasteiger partial charge in [0.25, 0.3) is 0 Å². The van der Waals surface area contributed by atoms with Gasteiger partial charge in [0.15, 0.2) is 11.5 Å². The van der Waals surface area contributed by atoms with Crippen molar-refractivity contribution in [3.63, 3.8) is 0 Å². The molecule has 1 aromatic heterocycles. The molecular weight excluding hydrogens is 414 g/mol. The second-order valence-electron chi connectivity index (χ2n) is 4.00. The number of aliphatic hydroxyl groups is 1. The van der Waals surface area contributed by atoms with Gasteiger partial charge in [-0.2, -0.15) is 0 Å². The van der Waals surface area contributed by atoms with E-state index in [0.717, 1.165) is 5.56 Å². The second kappa shape index (κ2) is 24.6. The van der Waals surface area contributed by atoms with Gasteiger partial charge in [0.2, 0.25) is 0 Å². The number of carbonyl (C=O) groups excluding carboxylic acids is 3. The summed E-state index contributed by atoms with van der Waals surface area (Å²) < 4.78 is 4.88. The van der Waals surface area contributed by atoms with Crippen molar-refractivity contribution in [3.8, 4) is 0 Å². The molecular formula is C16H29BBrO5V. The molecule has 1 rings (SSSR count). The molecule has 0 saturated heterocycles. The molecule has 1 aromatic rings. The first-order valence-corrected chi connectivity index (χ1v) is 7.09. The van der Waals surface area contributed by atoms with Crippen LogP contribution in [0.3, 0.4) is 0 Å². The summed E-state index contributed by atoms with van der Waals surface area (Å²) in [6.45, 7) is 6.31. The maximum absolute atomic E-state index is 10.6. The third-order valence-corrected chi connectivity index (χ3v) is 2.62. The van der Waals surface area contributed by atoms with Crippen LogP contribution in [0, 0.1) is 6.92 Å². The van der Waals surface area contributed by atoms with Gasteiger partial charge in [0, 0.05) is 46.9 Å². The van der Waals surface area contributed by atoms with Gasteiger partial charge in [-0.3, -0.25) is 14.4 Å². The zero-order valence-electron chi connectivity index (χ0n) is 13.3. The van der Waals surface area contributed by atoms with Gasteiger partial charge in [-0.15, -0.1) is 0 Å². The predicted octanol–water partition coefficient (Wildman–Crippen LogP) is 3.61. The molecule has 8 heteroatoms. The summed E-state index contributed by atoms with van der Waals surface area (Å²) in [5, 5.41) is 8.49. The van der Waals surface area contributed by atoms with Crippen LogP contribution >= 0.6 is 15.9 Å². The quantitative estimate of drug-likeness (QED) is 0.437. The van der Waals surface area contributed by atoms with Gasteiger partial charge in [0.05, 0.1) is 11.6 Å². The van der Waals surface area contributed by atoms with Crippen LogP contribution in [-0.2, 0) is 28.1 Å². The Morgan fingerprint density at radius 2 is 1.54 bits per heavy atom. The minimum absolute atomic E-state index is 0. The Hall–Kier alpha value is -0.621. The molecule has 1 heterocycles. The molecule has 0 aromatic carbocycles. The molecule has 0 aliphatic rings. The average molecular weight is 443 g/mol.